The Morgan fingerprint density at radius 2 is 1.89 bits per heavy atom. The van der Waals surface area contributed by atoms with Crippen LogP contribution in [0.5, 0.6) is 0 Å². The molecule has 0 aliphatic carbocycles. The summed E-state index contributed by atoms with van der Waals surface area (Å²) in [5.74, 6) is 0. The minimum absolute atomic E-state index is 0.115. The highest BCUT2D eigenvalue weighted by Gasteiger charge is 2.29. The molecule has 1 aromatic rings. The Hall–Kier alpha value is -0.450. The van der Waals surface area contributed by atoms with E-state index in [0.29, 0.717) is 0 Å². The van der Waals surface area contributed by atoms with Crippen molar-refractivity contribution in [2.75, 3.05) is 20.3 Å². The molecule has 1 atom stereocenters. The number of rotatable bonds is 5. The van der Waals surface area contributed by atoms with Crippen LogP contribution >= 0.6 is 11.3 Å². The maximum absolute atomic E-state index is 5.12. The van der Waals surface area contributed by atoms with E-state index in [2.05, 4.69) is 52.2 Å². The van der Waals surface area contributed by atoms with Crippen LogP contribution in [0.3, 0.4) is 0 Å². The smallest absolute Gasteiger partial charge is 0.110 e. The fourth-order valence-electron chi connectivity index (χ4n) is 1.83. The van der Waals surface area contributed by atoms with Gasteiger partial charge in [0.2, 0.25) is 0 Å². The maximum atomic E-state index is 5.12. The van der Waals surface area contributed by atoms with E-state index in [1.165, 1.54) is 10.7 Å². The molecule has 0 spiro atoms. The zero-order chi connectivity index (χ0) is 14.7. The van der Waals surface area contributed by atoms with E-state index in [4.69, 9.17) is 9.72 Å². The Kier molecular flexibility index (Phi) is 5.53. The quantitative estimate of drug-likeness (QED) is 0.836. The van der Waals surface area contributed by atoms with Crippen LogP contribution in [0, 0.1) is 5.41 Å². The highest BCUT2D eigenvalue weighted by atomic mass is 32.1. The van der Waals surface area contributed by atoms with Crippen LogP contribution in [0.1, 0.15) is 58.3 Å². The van der Waals surface area contributed by atoms with E-state index in [0.717, 1.165) is 13.2 Å². The maximum Gasteiger partial charge on any atom is 0.110 e. The number of ether oxygens (including phenoxy) is 1. The Labute approximate surface area is 121 Å². The molecule has 0 saturated heterocycles. The molecule has 0 radical (unpaired) electrons. The number of hydrogen-bond acceptors (Lipinski definition) is 4. The Morgan fingerprint density at radius 1 is 1.26 bits per heavy atom. The van der Waals surface area contributed by atoms with Crippen LogP contribution in [0.25, 0.3) is 0 Å². The Bertz CT molecular complexity index is 388. The lowest BCUT2D eigenvalue weighted by Crippen LogP contribution is -2.34. The van der Waals surface area contributed by atoms with Crippen LogP contribution < -0.4 is 5.32 Å². The standard InChI is InChI=1S/C15H28N2OS/c1-14(2,3)11-10-19-13(17-11)12(15(4,5)6)16-8-9-18-7/h10,12,16H,8-9H2,1-7H3. The third kappa shape index (κ3) is 4.86. The molecule has 1 heterocycles. The first kappa shape index (κ1) is 16.6. The molecule has 0 aliphatic rings. The molecular weight excluding hydrogens is 256 g/mol. The van der Waals surface area contributed by atoms with Gasteiger partial charge in [-0.25, -0.2) is 4.98 Å². The normalized spacial score (nSPS) is 14.7. The lowest BCUT2D eigenvalue weighted by atomic mass is 9.87. The van der Waals surface area contributed by atoms with Crippen LogP contribution in [-0.4, -0.2) is 25.2 Å². The Balaban J connectivity index is 2.89. The van der Waals surface area contributed by atoms with Crippen LogP contribution in [0.4, 0.5) is 0 Å². The molecule has 0 amide bonds. The highest BCUT2D eigenvalue weighted by molar-refractivity contribution is 7.09. The van der Waals surface area contributed by atoms with Crippen molar-refractivity contribution < 1.29 is 4.74 Å². The van der Waals surface area contributed by atoms with Gasteiger partial charge in [-0.1, -0.05) is 41.5 Å². The minimum atomic E-state index is 0.115. The van der Waals surface area contributed by atoms with Gasteiger partial charge in [0.1, 0.15) is 5.01 Å². The summed E-state index contributed by atoms with van der Waals surface area (Å²) in [4.78, 5) is 4.84. The van der Waals surface area contributed by atoms with Crippen molar-refractivity contribution >= 4 is 11.3 Å². The second-order valence-electron chi connectivity index (χ2n) is 7.07. The summed E-state index contributed by atoms with van der Waals surface area (Å²) in [5, 5.41) is 6.93. The first-order valence-electron chi connectivity index (χ1n) is 6.84. The molecule has 0 bridgehead atoms. The van der Waals surface area contributed by atoms with Gasteiger partial charge in [-0.2, -0.15) is 0 Å². The molecule has 0 aromatic carbocycles. The summed E-state index contributed by atoms with van der Waals surface area (Å²) in [5.41, 5.74) is 1.43. The molecular formula is C15H28N2OS. The average molecular weight is 284 g/mol. The molecule has 4 heteroatoms. The Morgan fingerprint density at radius 3 is 2.32 bits per heavy atom. The molecule has 1 unspecified atom stereocenters. The van der Waals surface area contributed by atoms with Crippen molar-refractivity contribution in [2.45, 2.75) is 53.0 Å². The predicted molar refractivity (Wildman–Crippen MR) is 82.9 cm³/mol. The topological polar surface area (TPSA) is 34.1 Å². The van der Waals surface area contributed by atoms with Crippen molar-refractivity contribution in [2.24, 2.45) is 5.41 Å². The van der Waals surface area contributed by atoms with Crippen molar-refractivity contribution in [1.29, 1.82) is 0 Å². The zero-order valence-corrected chi connectivity index (χ0v) is 14.1. The summed E-state index contributed by atoms with van der Waals surface area (Å²) < 4.78 is 5.12. The van der Waals surface area contributed by atoms with Gasteiger partial charge in [-0.05, 0) is 5.41 Å². The van der Waals surface area contributed by atoms with Crippen molar-refractivity contribution in [3.8, 4) is 0 Å². The van der Waals surface area contributed by atoms with Gasteiger partial charge < -0.3 is 10.1 Å². The number of aromatic nitrogens is 1. The van der Waals surface area contributed by atoms with Gasteiger partial charge in [0.05, 0.1) is 18.3 Å². The van der Waals surface area contributed by atoms with Crippen LogP contribution in [-0.2, 0) is 10.2 Å². The SMILES string of the molecule is COCCNC(c1nc(C(C)(C)C)cs1)C(C)(C)C. The molecule has 0 fully saturated rings. The van der Waals surface area contributed by atoms with E-state index in [-0.39, 0.29) is 16.9 Å². The molecule has 1 aromatic heterocycles. The van der Waals surface area contributed by atoms with Crippen molar-refractivity contribution in [3.05, 3.63) is 16.1 Å². The second-order valence-corrected chi connectivity index (χ2v) is 7.96. The first-order valence-corrected chi connectivity index (χ1v) is 7.72. The van der Waals surface area contributed by atoms with E-state index in [9.17, 15) is 0 Å². The lowest BCUT2D eigenvalue weighted by molar-refractivity contribution is 0.181. The fraction of sp³-hybridized carbons (Fsp3) is 0.800. The van der Waals surface area contributed by atoms with Gasteiger partial charge in [-0.15, -0.1) is 11.3 Å². The van der Waals surface area contributed by atoms with Crippen molar-refractivity contribution in [1.82, 2.24) is 10.3 Å². The predicted octanol–water partition coefficient (Wildman–Crippen LogP) is 3.76. The molecule has 19 heavy (non-hydrogen) atoms. The average Bonchev–Trinajstić information content (AvgIpc) is 2.71. The lowest BCUT2D eigenvalue weighted by Gasteiger charge is -2.30. The number of hydrogen-bond donors (Lipinski definition) is 1. The van der Waals surface area contributed by atoms with Crippen molar-refractivity contribution in [3.63, 3.8) is 0 Å². The van der Waals surface area contributed by atoms with Crippen LogP contribution in [0.2, 0.25) is 0 Å². The number of nitrogens with one attached hydrogen (secondary N) is 1. The largest absolute Gasteiger partial charge is 0.383 e. The molecule has 110 valence electrons. The van der Waals surface area contributed by atoms with Crippen LogP contribution in [0.15, 0.2) is 5.38 Å². The summed E-state index contributed by atoms with van der Waals surface area (Å²) in [6.07, 6.45) is 0. The molecule has 0 saturated carbocycles. The van der Waals surface area contributed by atoms with Gasteiger partial charge in [-0.3, -0.25) is 0 Å². The third-order valence-corrected chi connectivity index (χ3v) is 3.97. The fourth-order valence-corrected chi connectivity index (χ4v) is 3.20. The van der Waals surface area contributed by atoms with E-state index >= 15 is 0 Å². The molecule has 1 N–H and O–H groups in total. The second kappa shape index (κ2) is 6.33. The highest BCUT2D eigenvalue weighted by Crippen LogP contribution is 2.36. The van der Waals surface area contributed by atoms with E-state index in [1.807, 2.05) is 0 Å². The monoisotopic (exact) mass is 284 g/mol. The number of methoxy groups -OCH3 is 1. The van der Waals surface area contributed by atoms with Gasteiger partial charge >= 0.3 is 0 Å². The third-order valence-electron chi connectivity index (χ3n) is 3.06. The summed E-state index contributed by atoms with van der Waals surface area (Å²) in [6.45, 7) is 14.9. The van der Waals surface area contributed by atoms with E-state index in [1.54, 1.807) is 18.4 Å². The summed E-state index contributed by atoms with van der Waals surface area (Å²) in [6, 6.07) is 0.267. The minimum Gasteiger partial charge on any atom is -0.383 e. The summed E-state index contributed by atoms with van der Waals surface area (Å²) in [7, 11) is 1.73. The zero-order valence-electron chi connectivity index (χ0n) is 13.3. The molecule has 3 nitrogen and oxygen atoms in total. The molecule has 0 aliphatic heterocycles. The van der Waals surface area contributed by atoms with Gasteiger partial charge in [0.25, 0.3) is 0 Å². The number of thiazole rings is 1. The summed E-state index contributed by atoms with van der Waals surface area (Å²) >= 11 is 1.76. The first-order chi connectivity index (χ1) is 8.66. The number of nitrogens with zero attached hydrogens (tertiary/aromatic N) is 1. The molecule has 1 rings (SSSR count). The van der Waals surface area contributed by atoms with Gasteiger partial charge in [0.15, 0.2) is 0 Å². The van der Waals surface area contributed by atoms with E-state index < -0.39 is 0 Å². The van der Waals surface area contributed by atoms with Gasteiger partial charge in [0, 0.05) is 24.4 Å².